The number of nitrogens with zero attached hydrogens (tertiary/aromatic N) is 4. The third-order valence-electron chi connectivity index (χ3n) is 5.45. The van der Waals surface area contributed by atoms with Crippen LogP contribution in [0.5, 0.6) is 0 Å². The van der Waals surface area contributed by atoms with Gasteiger partial charge < -0.3 is 10.6 Å². The Bertz CT molecular complexity index is 1410. The summed E-state index contributed by atoms with van der Waals surface area (Å²) in [4.78, 5) is 0. The molecule has 0 amide bonds. The molecular weight excluding hydrogens is 459 g/mol. The molecule has 6 nitrogen and oxygen atoms in total. The highest BCUT2D eigenvalue weighted by molar-refractivity contribution is 7.80. The van der Waals surface area contributed by atoms with Gasteiger partial charge in [0, 0.05) is 30.1 Å². The average Bonchev–Trinajstić information content (AvgIpc) is 3.52. The topological polar surface area (TPSA) is 59.7 Å². The predicted molar refractivity (Wildman–Crippen MR) is 140 cm³/mol. The van der Waals surface area contributed by atoms with E-state index in [-0.39, 0.29) is 5.82 Å². The van der Waals surface area contributed by atoms with Crippen molar-refractivity contribution in [3.8, 4) is 16.9 Å². The molecule has 5 rings (SSSR count). The quantitative estimate of drug-likeness (QED) is 0.304. The summed E-state index contributed by atoms with van der Waals surface area (Å²) < 4.78 is 16.8. The van der Waals surface area contributed by atoms with Gasteiger partial charge in [-0.3, -0.25) is 4.68 Å². The van der Waals surface area contributed by atoms with Crippen molar-refractivity contribution >= 4 is 23.0 Å². The molecule has 2 N–H and O–H groups in total. The highest BCUT2D eigenvalue weighted by Gasteiger charge is 2.13. The van der Waals surface area contributed by atoms with Gasteiger partial charge in [0.2, 0.25) is 0 Å². The molecule has 35 heavy (non-hydrogen) atoms. The number of halogens is 1. The standard InChI is InChI=1S/C27H23FN6S/c28-23-13-11-20(12-14-23)17-33-19-24(16-30-33)31-27(35)29-15-22-18-34(25-9-5-2-6-10-25)32-26(22)21-7-3-1-4-8-21/h1-14,16,18-19H,15,17H2,(H2,29,31,35). The molecule has 0 fully saturated rings. The van der Waals surface area contributed by atoms with Gasteiger partial charge in [-0.05, 0) is 42.0 Å². The summed E-state index contributed by atoms with van der Waals surface area (Å²) in [6, 6.07) is 26.5. The van der Waals surface area contributed by atoms with E-state index < -0.39 is 0 Å². The Morgan fingerprint density at radius 2 is 1.60 bits per heavy atom. The van der Waals surface area contributed by atoms with E-state index in [1.165, 1.54) is 12.1 Å². The number of aromatic nitrogens is 4. The van der Waals surface area contributed by atoms with Gasteiger partial charge in [-0.1, -0.05) is 60.7 Å². The van der Waals surface area contributed by atoms with E-state index in [2.05, 4.69) is 15.7 Å². The predicted octanol–water partition coefficient (Wildman–Crippen LogP) is 5.41. The second-order valence-corrected chi connectivity index (χ2v) is 8.42. The Balaban J connectivity index is 1.26. The number of nitrogens with one attached hydrogen (secondary N) is 2. The number of hydrogen-bond acceptors (Lipinski definition) is 3. The number of rotatable bonds is 7. The van der Waals surface area contributed by atoms with Gasteiger partial charge >= 0.3 is 0 Å². The fraction of sp³-hybridized carbons (Fsp3) is 0.0741. The van der Waals surface area contributed by atoms with Gasteiger partial charge in [0.1, 0.15) is 5.82 Å². The Morgan fingerprint density at radius 1 is 0.886 bits per heavy atom. The summed E-state index contributed by atoms with van der Waals surface area (Å²) in [5, 5.41) is 16.1. The van der Waals surface area contributed by atoms with E-state index >= 15 is 0 Å². The Morgan fingerprint density at radius 3 is 2.34 bits per heavy atom. The van der Waals surface area contributed by atoms with E-state index in [1.807, 2.05) is 77.7 Å². The van der Waals surface area contributed by atoms with Crippen LogP contribution in [-0.2, 0) is 13.1 Å². The SMILES string of the molecule is Fc1ccc(Cn2cc(NC(=S)NCc3cn(-c4ccccc4)nc3-c3ccccc3)cn2)cc1. The van der Waals surface area contributed by atoms with Gasteiger partial charge in [-0.15, -0.1) is 0 Å². The van der Waals surface area contributed by atoms with Gasteiger partial charge in [0.15, 0.2) is 5.11 Å². The minimum atomic E-state index is -0.252. The van der Waals surface area contributed by atoms with Crippen molar-refractivity contribution in [1.29, 1.82) is 0 Å². The van der Waals surface area contributed by atoms with Crippen LogP contribution in [0.3, 0.4) is 0 Å². The molecule has 3 aromatic carbocycles. The van der Waals surface area contributed by atoms with Gasteiger partial charge in [-0.2, -0.15) is 10.2 Å². The molecular formula is C27H23FN6S. The molecule has 0 aliphatic rings. The smallest absolute Gasteiger partial charge is 0.171 e. The van der Waals surface area contributed by atoms with Crippen molar-refractivity contribution in [2.75, 3.05) is 5.32 Å². The zero-order valence-corrected chi connectivity index (χ0v) is 19.6. The number of thiocarbonyl (C=S) groups is 1. The van der Waals surface area contributed by atoms with Crippen LogP contribution >= 0.6 is 12.2 Å². The third kappa shape index (κ3) is 5.62. The molecule has 0 aliphatic carbocycles. The summed E-state index contributed by atoms with van der Waals surface area (Å²) in [6.07, 6.45) is 5.59. The Labute approximate surface area is 208 Å². The molecule has 5 aromatic rings. The Hall–Kier alpha value is -4.30. The first kappa shape index (κ1) is 22.5. The van der Waals surface area contributed by atoms with Gasteiger partial charge in [0.25, 0.3) is 0 Å². The molecule has 0 spiro atoms. The lowest BCUT2D eigenvalue weighted by atomic mass is 10.1. The maximum absolute atomic E-state index is 13.1. The molecule has 0 atom stereocenters. The number of hydrogen-bond donors (Lipinski definition) is 2. The highest BCUT2D eigenvalue weighted by Crippen LogP contribution is 2.23. The van der Waals surface area contributed by atoms with Crippen LogP contribution in [-0.4, -0.2) is 24.7 Å². The molecule has 8 heteroatoms. The minimum absolute atomic E-state index is 0.252. The monoisotopic (exact) mass is 482 g/mol. The normalized spacial score (nSPS) is 10.8. The van der Waals surface area contributed by atoms with Crippen LogP contribution in [0, 0.1) is 5.82 Å². The lowest BCUT2D eigenvalue weighted by molar-refractivity contribution is 0.624. The van der Waals surface area contributed by atoms with Gasteiger partial charge in [-0.25, -0.2) is 9.07 Å². The summed E-state index contributed by atoms with van der Waals surface area (Å²) in [5.74, 6) is -0.252. The van der Waals surface area contributed by atoms with Crippen LogP contribution in [0.2, 0.25) is 0 Å². The first-order valence-electron chi connectivity index (χ1n) is 11.2. The molecule has 2 aromatic heterocycles. The molecule has 0 saturated heterocycles. The van der Waals surface area contributed by atoms with Crippen molar-refractivity contribution in [3.63, 3.8) is 0 Å². The van der Waals surface area contributed by atoms with Crippen molar-refractivity contribution in [1.82, 2.24) is 24.9 Å². The molecule has 174 valence electrons. The molecule has 0 radical (unpaired) electrons. The summed E-state index contributed by atoms with van der Waals surface area (Å²) >= 11 is 5.52. The molecule has 0 unspecified atom stereocenters. The zero-order valence-electron chi connectivity index (χ0n) is 18.8. The average molecular weight is 483 g/mol. The van der Waals surface area contributed by atoms with Crippen LogP contribution in [0.4, 0.5) is 10.1 Å². The second-order valence-electron chi connectivity index (χ2n) is 8.01. The Kier molecular flexibility index (Phi) is 6.63. The van der Waals surface area contributed by atoms with Crippen LogP contribution in [0.1, 0.15) is 11.1 Å². The second kappa shape index (κ2) is 10.3. The third-order valence-corrected chi connectivity index (χ3v) is 5.69. The molecule has 2 heterocycles. The van der Waals surface area contributed by atoms with E-state index in [0.717, 1.165) is 33.8 Å². The van der Waals surface area contributed by atoms with E-state index in [9.17, 15) is 4.39 Å². The van der Waals surface area contributed by atoms with E-state index in [4.69, 9.17) is 17.3 Å². The molecule has 0 bridgehead atoms. The summed E-state index contributed by atoms with van der Waals surface area (Å²) in [7, 11) is 0. The molecule has 0 aliphatic heterocycles. The maximum Gasteiger partial charge on any atom is 0.171 e. The minimum Gasteiger partial charge on any atom is -0.358 e. The summed E-state index contributed by atoms with van der Waals surface area (Å²) in [5.41, 5.74) is 5.69. The van der Waals surface area contributed by atoms with E-state index in [1.54, 1.807) is 23.0 Å². The lowest BCUT2D eigenvalue weighted by Gasteiger charge is -2.09. The zero-order chi connectivity index (χ0) is 24.0. The maximum atomic E-state index is 13.1. The van der Waals surface area contributed by atoms with Crippen molar-refractivity contribution in [2.24, 2.45) is 0 Å². The van der Waals surface area contributed by atoms with Crippen LogP contribution in [0.25, 0.3) is 16.9 Å². The fourth-order valence-electron chi connectivity index (χ4n) is 3.73. The molecule has 0 saturated carbocycles. The van der Waals surface area contributed by atoms with Crippen molar-refractivity contribution in [3.05, 3.63) is 120 Å². The largest absolute Gasteiger partial charge is 0.358 e. The van der Waals surface area contributed by atoms with Crippen molar-refractivity contribution < 1.29 is 4.39 Å². The van der Waals surface area contributed by atoms with Gasteiger partial charge in [0.05, 0.1) is 29.8 Å². The first-order chi connectivity index (χ1) is 17.1. The van der Waals surface area contributed by atoms with E-state index in [0.29, 0.717) is 18.2 Å². The highest BCUT2D eigenvalue weighted by atomic mass is 32.1. The fourth-order valence-corrected chi connectivity index (χ4v) is 3.92. The van der Waals surface area contributed by atoms with Crippen LogP contribution in [0.15, 0.2) is 104 Å². The lowest BCUT2D eigenvalue weighted by Crippen LogP contribution is -2.27. The number of benzene rings is 3. The number of anilines is 1. The number of para-hydroxylation sites is 1. The van der Waals surface area contributed by atoms with Crippen LogP contribution < -0.4 is 10.6 Å². The first-order valence-corrected chi connectivity index (χ1v) is 11.6. The summed E-state index contributed by atoms with van der Waals surface area (Å²) in [6.45, 7) is 1.05. The van der Waals surface area contributed by atoms with Crippen molar-refractivity contribution in [2.45, 2.75) is 13.1 Å².